The second kappa shape index (κ2) is 8.72. The summed E-state index contributed by atoms with van der Waals surface area (Å²) < 4.78 is 0. The van der Waals surface area contributed by atoms with Crippen LogP contribution in [0.15, 0.2) is 0 Å². The summed E-state index contributed by atoms with van der Waals surface area (Å²) in [4.78, 5) is 0. The Hall–Kier alpha value is -1.57. The average molecular weight is 218 g/mol. The van der Waals surface area contributed by atoms with Crippen LogP contribution in [-0.2, 0) is 0 Å². The Morgan fingerprint density at radius 3 is 2.00 bits per heavy atom. The quantitative estimate of drug-likeness (QED) is 0.631. The molecule has 4 nitrogen and oxygen atoms in total. The SMILES string of the molecule is N#CCCCC(C#N)(CCC#N)CCCN. The summed E-state index contributed by atoms with van der Waals surface area (Å²) in [6, 6.07) is 6.48. The number of unbranched alkanes of at least 4 members (excludes halogenated alkanes) is 1. The zero-order chi connectivity index (χ0) is 12.3. The molecule has 0 spiro atoms. The first kappa shape index (κ1) is 14.4. The van der Waals surface area contributed by atoms with Gasteiger partial charge in [-0.05, 0) is 38.6 Å². The second-order valence-electron chi connectivity index (χ2n) is 3.95. The van der Waals surface area contributed by atoms with Crippen LogP contribution in [0.1, 0.15) is 44.9 Å². The zero-order valence-electron chi connectivity index (χ0n) is 9.58. The molecule has 0 fully saturated rings. The monoisotopic (exact) mass is 218 g/mol. The van der Waals surface area contributed by atoms with E-state index in [1.165, 1.54) is 0 Å². The summed E-state index contributed by atoms with van der Waals surface area (Å²) >= 11 is 0. The maximum atomic E-state index is 9.25. The van der Waals surface area contributed by atoms with Crippen LogP contribution >= 0.6 is 0 Å². The number of rotatable bonds is 8. The van der Waals surface area contributed by atoms with E-state index in [0.29, 0.717) is 32.2 Å². The number of nitriles is 3. The fourth-order valence-corrected chi connectivity index (χ4v) is 1.78. The Labute approximate surface area is 97.3 Å². The minimum absolute atomic E-state index is 0.394. The third-order valence-corrected chi connectivity index (χ3v) is 2.76. The van der Waals surface area contributed by atoms with E-state index < -0.39 is 5.41 Å². The Morgan fingerprint density at radius 2 is 1.50 bits per heavy atom. The van der Waals surface area contributed by atoms with Crippen molar-refractivity contribution in [2.45, 2.75) is 44.9 Å². The largest absolute Gasteiger partial charge is 0.330 e. The van der Waals surface area contributed by atoms with Gasteiger partial charge in [0, 0.05) is 12.8 Å². The third-order valence-electron chi connectivity index (χ3n) is 2.76. The molecular formula is C12H18N4. The van der Waals surface area contributed by atoms with Gasteiger partial charge in [0.25, 0.3) is 0 Å². The van der Waals surface area contributed by atoms with Gasteiger partial charge >= 0.3 is 0 Å². The highest BCUT2D eigenvalue weighted by Gasteiger charge is 2.28. The van der Waals surface area contributed by atoms with Crippen molar-refractivity contribution < 1.29 is 0 Å². The molecule has 0 bridgehead atoms. The van der Waals surface area contributed by atoms with Crippen LogP contribution in [0.3, 0.4) is 0 Å². The number of hydrogen-bond donors (Lipinski definition) is 1. The van der Waals surface area contributed by atoms with Gasteiger partial charge in [-0.2, -0.15) is 15.8 Å². The van der Waals surface area contributed by atoms with Gasteiger partial charge < -0.3 is 5.73 Å². The van der Waals surface area contributed by atoms with E-state index in [0.717, 1.165) is 19.3 Å². The molecule has 0 aliphatic carbocycles. The highest BCUT2D eigenvalue weighted by atomic mass is 14.5. The van der Waals surface area contributed by atoms with E-state index in [2.05, 4.69) is 18.2 Å². The molecule has 16 heavy (non-hydrogen) atoms. The molecule has 0 aromatic heterocycles. The minimum atomic E-state index is -0.452. The van der Waals surface area contributed by atoms with Crippen molar-refractivity contribution in [3.05, 3.63) is 0 Å². The van der Waals surface area contributed by atoms with Gasteiger partial charge in [0.15, 0.2) is 0 Å². The van der Waals surface area contributed by atoms with Crippen LogP contribution in [0.25, 0.3) is 0 Å². The van der Waals surface area contributed by atoms with Gasteiger partial charge in [0.2, 0.25) is 0 Å². The lowest BCUT2D eigenvalue weighted by molar-refractivity contribution is 0.300. The lowest BCUT2D eigenvalue weighted by Crippen LogP contribution is -2.20. The molecule has 0 rings (SSSR count). The van der Waals surface area contributed by atoms with Crippen molar-refractivity contribution in [1.29, 1.82) is 15.8 Å². The summed E-state index contributed by atoms with van der Waals surface area (Å²) in [7, 11) is 0. The van der Waals surface area contributed by atoms with Gasteiger partial charge in [-0.1, -0.05) is 0 Å². The highest BCUT2D eigenvalue weighted by Crippen LogP contribution is 2.34. The van der Waals surface area contributed by atoms with Crippen molar-refractivity contribution >= 4 is 0 Å². The Balaban J connectivity index is 4.37. The molecule has 0 radical (unpaired) electrons. The molecule has 0 aromatic rings. The van der Waals surface area contributed by atoms with E-state index in [1.54, 1.807) is 0 Å². The smallest absolute Gasteiger partial charge is 0.0690 e. The Bertz CT molecular complexity index is 304. The van der Waals surface area contributed by atoms with Crippen molar-refractivity contribution in [1.82, 2.24) is 0 Å². The first-order valence-electron chi connectivity index (χ1n) is 5.60. The molecule has 0 saturated heterocycles. The second-order valence-corrected chi connectivity index (χ2v) is 3.95. The molecule has 2 N–H and O–H groups in total. The highest BCUT2D eigenvalue weighted by molar-refractivity contribution is 5.00. The lowest BCUT2D eigenvalue weighted by atomic mass is 9.76. The number of nitrogens with zero attached hydrogens (tertiary/aromatic N) is 3. The summed E-state index contributed by atoms with van der Waals surface area (Å²) in [5.74, 6) is 0. The van der Waals surface area contributed by atoms with Crippen molar-refractivity contribution in [2.24, 2.45) is 11.1 Å². The van der Waals surface area contributed by atoms with Crippen LogP contribution in [-0.4, -0.2) is 6.54 Å². The standard InChI is InChI=1S/C12H18N4/c13-8-2-1-5-12(11-16,6-3-9-14)7-4-10-15/h1-7,9,14H2. The predicted molar refractivity (Wildman–Crippen MR) is 60.6 cm³/mol. The van der Waals surface area contributed by atoms with Crippen molar-refractivity contribution in [2.75, 3.05) is 6.54 Å². The summed E-state index contributed by atoms with van der Waals surface area (Å²) in [6.45, 7) is 0.564. The summed E-state index contributed by atoms with van der Waals surface area (Å²) in [5.41, 5.74) is 4.99. The minimum Gasteiger partial charge on any atom is -0.330 e. The first-order chi connectivity index (χ1) is 7.74. The van der Waals surface area contributed by atoms with Crippen molar-refractivity contribution in [3.8, 4) is 18.2 Å². The van der Waals surface area contributed by atoms with Gasteiger partial charge in [-0.15, -0.1) is 0 Å². The van der Waals surface area contributed by atoms with E-state index in [-0.39, 0.29) is 0 Å². The van der Waals surface area contributed by atoms with Crippen LogP contribution < -0.4 is 5.73 Å². The molecule has 1 unspecified atom stereocenters. The zero-order valence-corrected chi connectivity index (χ0v) is 9.58. The topological polar surface area (TPSA) is 97.4 Å². The molecule has 86 valence electrons. The summed E-state index contributed by atoms with van der Waals surface area (Å²) in [5, 5.41) is 26.3. The molecule has 0 amide bonds. The van der Waals surface area contributed by atoms with Crippen LogP contribution in [0.2, 0.25) is 0 Å². The maximum Gasteiger partial charge on any atom is 0.0690 e. The van der Waals surface area contributed by atoms with Gasteiger partial charge in [-0.3, -0.25) is 0 Å². The molecule has 0 saturated carbocycles. The normalized spacial score (nSPS) is 13.1. The summed E-state index contributed by atoms with van der Waals surface area (Å²) in [6.07, 6.45) is 4.40. The Morgan fingerprint density at radius 1 is 0.875 bits per heavy atom. The van der Waals surface area contributed by atoms with Crippen LogP contribution in [0.4, 0.5) is 0 Å². The molecule has 0 aliphatic heterocycles. The van der Waals surface area contributed by atoms with Gasteiger partial charge in [0.1, 0.15) is 0 Å². The number of nitrogens with two attached hydrogens (primary N) is 1. The average Bonchev–Trinajstić information content (AvgIpc) is 2.32. The van der Waals surface area contributed by atoms with Gasteiger partial charge in [0.05, 0.1) is 23.6 Å². The molecule has 0 heterocycles. The molecule has 0 aliphatic rings. The van der Waals surface area contributed by atoms with E-state index in [1.807, 2.05) is 0 Å². The molecule has 1 atom stereocenters. The van der Waals surface area contributed by atoms with Crippen LogP contribution in [0.5, 0.6) is 0 Å². The van der Waals surface area contributed by atoms with Crippen molar-refractivity contribution in [3.63, 3.8) is 0 Å². The van der Waals surface area contributed by atoms with E-state index >= 15 is 0 Å². The van der Waals surface area contributed by atoms with E-state index in [9.17, 15) is 5.26 Å². The molecule has 0 aromatic carbocycles. The Kier molecular flexibility index (Phi) is 7.86. The lowest BCUT2D eigenvalue weighted by Gasteiger charge is -2.25. The first-order valence-corrected chi connectivity index (χ1v) is 5.60. The van der Waals surface area contributed by atoms with E-state index in [4.69, 9.17) is 16.3 Å². The maximum absolute atomic E-state index is 9.25. The fraction of sp³-hybridized carbons (Fsp3) is 0.750. The third kappa shape index (κ3) is 5.35. The van der Waals surface area contributed by atoms with Crippen LogP contribution in [0, 0.1) is 39.4 Å². The fourth-order valence-electron chi connectivity index (χ4n) is 1.78. The molecule has 4 heteroatoms. The predicted octanol–water partition coefficient (Wildman–Crippen LogP) is 2.23. The molecular weight excluding hydrogens is 200 g/mol. The van der Waals surface area contributed by atoms with Gasteiger partial charge in [-0.25, -0.2) is 0 Å². The number of hydrogen-bond acceptors (Lipinski definition) is 4.